The second-order valence-electron chi connectivity index (χ2n) is 4.77. The molecule has 94 valence electrons. The van der Waals surface area contributed by atoms with Gasteiger partial charge < -0.3 is 11.1 Å². The van der Waals surface area contributed by atoms with E-state index in [0.717, 1.165) is 18.1 Å². The molecule has 2 rings (SSSR count). The van der Waals surface area contributed by atoms with Gasteiger partial charge in [0.25, 0.3) is 0 Å². The Morgan fingerprint density at radius 1 is 1.41 bits per heavy atom. The van der Waals surface area contributed by atoms with Crippen molar-refractivity contribution in [1.29, 1.82) is 0 Å². The Hall–Kier alpha value is -1.29. The Kier molecular flexibility index (Phi) is 4.20. The predicted molar refractivity (Wildman–Crippen MR) is 72.0 cm³/mol. The van der Waals surface area contributed by atoms with Gasteiger partial charge in [-0.25, -0.2) is 4.98 Å². The van der Waals surface area contributed by atoms with Crippen LogP contribution in [0, 0.1) is 0 Å². The standard InChI is InChI=1S/C13H22N4/c1-11(17-8-3-2-4-9-17)10-16-13-12(14)6-5-7-15-13/h5-7,11H,2-4,8-10,14H2,1H3,(H,15,16). The molecule has 4 heteroatoms. The molecule has 1 saturated heterocycles. The van der Waals surface area contributed by atoms with Crippen LogP contribution in [0.2, 0.25) is 0 Å². The van der Waals surface area contributed by atoms with E-state index in [1.165, 1.54) is 32.4 Å². The quantitative estimate of drug-likeness (QED) is 0.836. The van der Waals surface area contributed by atoms with E-state index < -0.39 is 0 Å². The first-order valence-corrected chi connectivity index (χ1v) is 6.46. The summed E-state index contributed by atoms with van der Waals surface area (Å²) in [4.78, 5) is 6.78. The number of hydrogen-bond donors (Lipinski definition) is 2. The maximum absolute atomic E-state index is 5.85. The molecule has 1 aliphatic heterocycles. The van der Waals surface area contributed by atoms with E-state index >= 15 is 0 Å². The fraction of sp³-hybridized carbons (Fsp3) is 0.615. The number of pyridine rings is 1. The molecule has 0 radical (unpaired) electrons. The lowest BCUT2D eigenvalue weighted by Crippen LogP contribution is -2.41. The Bertz CT molecular complexity index is 347. The van der Waals surface area contributed by atoms with Crippen LogP contribution < -0.4 is 11.1 Å². The fourth-order valence-corrected chi connectivity index (χ4v) is 2.30. The zero-order valence-corrected chi connectivity index (χ0v) is 10.5. The maximum atomic E-state index is 5.85. The van der Waals surface area contributed by atoms with Crippen molar-refractivity contribution >= 4 is 11.5 Å². The Labute approximate surface area is 103 Å². The van der Waals surface area contributed by atoms with Gasteiger partial charge in [-0.3, -0.25) is 4.90 Å². The van der Waals surface area contributed by atoms with E-state index in [9.17, 15) is 0 Å². The van der Waals surface area contributed by atoms with Crippen LogP contribution >= 0.6 is 0 Å². The number of nitrogens with zero attached hydrogens (tertiary/aromatic N) is 2. The monoisotopic (exact) mass is 234 g/mol. The summed E-state index contributed by atoms with van der Waals surface area (Å²) < 4.78 is 0. The molecule has 1 unspecified atom stereocenters. The second kappa shape index (κ2) is 5.87. The van der Waals surface area contributed by atoms with Crippen molar-refractivity contribution in [2.24, 2.45) is 0 Å². The van der Waals surface area contributed by atoms with E-state index in [1.54, 1.807) is 6.20 Å². The number of rotatable bonds is 4. The Morgan fingerprint density at radius 3 is 2.88 bits per heavy atom. The van der Waals surface area contributed by atoms with Gasteiger partial charge in [-0.05, 0) is 45.0 Å². The summed E-state index contributed by atoms with van der Waals surface area (Å²) in [6, 6.07) is 4.27. The minimum absolute atomic E-state index is 0.539. The van der Waals surface area contributed by atoms with E-state index in [4.69, 9.17) is 5.73 Å². The van der Waals surface area contributed by atoms with Crippen molar-refractivity contribution in [2.75, 3.05) is 30.7 Å². The van der Waals surface area contributed by atoms with Crippen molar-refractivity contribution < 1.29 is 0 Å². The molecule has 3 N–H and O–H groups in total. The van der Waals surface area contributed by atoms with Crippen molar-refractivity contribution in [3.05, 3.63) is 18.3 Å². The maximum Gasteiger partial charge on any atom is 0.149 e. The van der Waals surface area contributed by atoms with Crippen LogP contribution in [0.5, 0.6) is 0 Å². The van der Waals surface area contributed by atoms with Gasteiger partial charge in [0.1, 0.15) is 5.82 Å². The smallest absolute Gasteiger partial charge is 0.149 e. The summed E-state index contributed by atoms with van der Waals surface area (Å²) >= 11 is 0. The average molecular weight is 234 g/mol. The fourth-order valence-electron chi connectivity index (χ4n) is 2.30. The highest BCUT2D eigenvalue weighted by molar-refractivity contribution is 5.60. The molecule has 1 fully saturated rings. The molecule has 1 aromatic heterocycles. The number of aromatic nitrogens is 1. The van der Waals surface area contributed by atoms with Crippen LogP contribution in [0.4, 0.5) is 11.5 Å². The first kappa shape index (κ1) is 12.2. The molecule has 0 saturated carbocycles. The third-order valence-corrected chi connectivity index (χ3v) is 3.42. The molecule has 17 heavy (non-hydrogen) atoms. The first-order valence-electron chi connectivity index (χ1n) is 6.46. The summed E-state index contributed by atoms with van der Waals surface area (Å²) in [5.41, 5.74) is 6.57. The molecule has 1 aromatic rings. The van der Waals surface area contributed by atoms with E-state index in [0.29, 0.717) is 6.04 Å². The number of likely N-dealkylation sites (tertiary alicyclic amines) is 1. The van der Waals surface area contributed by atoms with Gasteiger partial charge >= 0.3 is 0 Å². The zero-order valence-electron chi connectivity index (χ0n) is 10.5. The van der Waals surface area contributed by atoms with Gasteiger partial charge in [-0.1, -0.05) is 6.42 Å². The molecular formula is C13H22N4. The molecular weight excluding hydrogens is 212 g/mol. The van der Waals surface area contributed by atoms with Gasteiger partial charge in [0.15, 0.2) is 0 Å². The molecule has 0 aliphatic carbocycles. The summed E-state index contributed by atoms with van der Waals surface area (Å²) in [7, 11) is 0. The van der Waals surface area contributed by atoms with E-state index in [2.05, 4.69) is 22.1 Å². The van der Waals surface area contributed by atoms with Gasteiger partial charge in [0.05, 0.1) is 5.69 Å². The minimum Gasteiger partial charge on any atom is -0.396 e. The number of hydrogen-bond acceptors (Lipinski definition) is 4. The topological polar surface area (TPSA) is 54.2 Å². The Morgan fingerprint density at radius 2 is 2.18 bits per heavy atom. The van der Waals surface area contributed by atoms with Crippen LogP contribution in [0.1, 0.15) is 26.2 Å². The number of anilines is 2. The number of nitrogens with one attached hydrogen (secondary N) is 1. The van der Waals surface area contributed by atoms with Crippen molar-refractivity contribution in [2.45, 2.75) is 32.2 Å². The lowest BCUT2D eigenvalue weighted by atomic mass is 10.1. The van der Waals surface area contributed by atoms with Crippen molar-refractivity contribution in [1.82, 2.24) is 9.88 Å². The van der Waals surface area contributed by atoms with Crippen LogP contribution in [-0.4, -0.2) is 35.6 Å². The van der Waals surface area contributed by atoms with Crippen molar-refractivity contribution in [3.8, 4) is 0 Å². The largest absolute Gasteiger partial charge is 0.396 e. The third kappa shape index (κ3) is 3.33. The molecule has 2 heterocycles. The molecule has 4 nitrogen and oxygen atoms in total. The number of nitrogen functional groups attached to an aromatic ring is 1. The minimum atomic E-state index is 0.539. The summed E-state index contributed by atoms with van der Waals surface area (Å²) in [5, 5.41) is 3.33. The first-order chi connectivity index (χ1) is 8.27. The Balaban J connectivity index is 1.83. The van der Waals surface area contributed by atoms with Crippen LogP contribution in [0.3, 0.4) is 0 Å². The van der Waals surface area contributed by atoms with Gasteiger partial charge in [-0.15, -0.1) is 0 Å². The predicted octanol–water partition coefficient (Wildman–Crippen LogP) is 1.95. The summed E-state index contributed by atoms with van der Waals surface area (Å²) in [6.45, 7) is 5.61. The SMILES string of the molecule is CC(CNc1ncccc1N)N1CCCCC1. The normalized spacial score (nSPS) is 18.9. The molecule has 0 aromatic carbocycles. The third-order valence-electron chi connectivity index (χ3n) is 3.42. The molecule has 0 spiro atoms. The zero-order chi connectivity index (χ0) is 12.1. The summed E-state index contributed by atoms with van der Waals surface area (Å²) in [6.07, 6.45) is 5.81. The second-order valence-corrected chi connectivity index (χ2v) is 4.77. The number of piperidine rings is 1. The molecule has 1 aliphatic rings. The highest BCUT2D eigenvalue weighted by Crippen LogP contribution is 2.15. The van der Waals surface area contributed by atoms with Crippen LogP contribution in [0.15, 0.2) is 18.3 Å². The molecule has 0 amide bonds. The highest BCUT2D eigenvalue weighted by atomic mass is 15.2. The van der Waals surface area contributed by atoms with Crippen LogP contribution in [0.25, 0.3) is 0 Å². The number of nitrogens with two attached hydrogens (primary N) is 1. The van der Waals surface area contributed by atoms with Gasteiger partial charge in [0.2, 0.25) is 0 Å². The highest BCUT2D eigenvalue weighted by Gasteiger charge is 2.16. The lowest BCUT2D eigenvalue weighted by molar-refractivity contribution is 0.180. The van der Waals surface area contributed by atoms with Gasteiger partial charge in [-0.2, -0.15) is 0 Å². The van der Waals surface area contributed by atoms with E-state index in [-0.39, 0.29) is 0 Å². The van der Waals surface area contributed by atoms with E-state index in [1.807, 2.05) is 12.1 Å². The van der Waals surface area contributed by atoms with Crippen LogP contribution in [-0.2, 0) is 0 Å². The van der Waals surface area contributed by atoms with Gasteiger partial charge in [0, 0.05) is 18.8 Å². The average Bonchev–Trinajstić information content (AvgIpc) is 2.38. The summed E-state index contributed by atoms with van der Waals surface area (Å²) in [5.74, 6) is 0.802. The molecule has 1 atom stereocenters. The molecule has 0 bridgehead atoms. The lowest BCUT2D eigenvalue weighted by Gasteiger charge is -2.32. The van der Waals surface area contributed by atoms with Crippen molar-refractivity contribution in [3.63, 3.8) is 0 Å².